The molecular formula is C22H22ClF3N4O2. The van der Waals surface area contributed by atoms with E-state index in [0.29, 0.717) is 12.1 Å². The number of halogens is 4. The Labute approximate surface area is 189 Å². The van der Waals surface area contributed by atoms with Crippen LogP contribution >= 0.6 is 12.4 Å². The molecule has 6 nitrogen and oxygen atoms in total. The van der Waals surface area contributed by atoms with Crippen molar-refractivity contribution in [3.05, 3.63) is 66.1 Å². The number of hydrogen-bond donors (Lipinski definition) is 1. The smallest absolute Gasteiger partial charge is 0.413 e. The number of piperidine rings is 1. The molecule has 1 N–H and O–H groups in total. The molecule has 32 heavy (non-hydrogen) atoms. The van der Waals surface area contributed by atoms with Gasteiger partial charge in [-0.05, 0) is 55.8 Å². The monoisotopic (exact) mass is 466 g/mol. The third kappa shape index (κ3) is 5.46. The molecule has 1 saturated heterocycles. The van der Waals surface area contributed by atoms with Gasteiger partial charge in [-0.15, -0.1) is 22.6 Å². The number of aromatic nitrogens is 2. The van der Waals surface area contributed by atoms with E-state index in [1.165, 1.54) is 0 Å². The molecule has 1 amide bonds. The first-order valence-corrected chi connectivity index (χ1v) is 9.99. The molecule has 2 heterocycles. The van der Waals surface area contributed by atoms with Crippen LogP contribution in [0.3, 0.4) is 0 Å². The van der Waals surface area contributed by atoms with Gasteiger partial charge in [0.05, 0.1) is 6.54 Å². The molecule has 10 heteroatoms. The fourth-order valence-electron chi connectivity index (χ4n) is 3.58. The topological polar surface area (TPSA) is 71.3 Å². The van der Waals surface area contributed by atoms with Crippen LogP contribution in [0.2, 0.25) is 0 Å². The van der Waals surface area contributed by atoms with E-state index in [2.05, 4.69) is 15.5 Å². The Morgan fingerprint density at radius 3 is 2.28 bits per heavy atom. The fraction of sp³-hybridized carbons (Fsp3) is 0.318. The number of nitrogens with zero attached hydrogens (tertiary/aromatic N) is 3. The molecule has 0 unspecified atom stereocenters. The third-order valence-corrected chi connectivity index (χ3v) is 5.23. The zero-order chi connectivity index (χ0) is 21.8. The number of amides is 1. The molecule has 3 aromatic rings. The first kappa shape index (κ1) is 23.7. The van der Waals surface area contributed by atoms with Gasteiger partial charge in [0.2, 0.25) is 11.8 Å². The van der Waals surface area contributed by atoms with Gasteiger partial charge < -0.3 is 14.6 Å². The van der Waals surface area contributed by atoms with Gasteiger partial charge in [0.25, 0.3) is 0 Å². The van der Waals surface area contributed by atoms with Crippen molar-refractivity contribution in [2.45, 2.75) is 25.6 Å². The molecule has 0 aliphatic carbocycles. The highest BCUT2D eigenvalue weighted by Gasteiger charge is 2.38. The lowest BCUT2D eigenvalue weighted by atomic mass is 9.96. The van der Waals surface area contributed by atoms with Crippen molar-refractivity contribution in [2.24, 2.45) is 5.92 Å². The minimum atomic E-state index is -4.68. The van der Waals surface area contributed by atoms with Gasteiger partial charge in [0, 0.05) is 17.2 Å². The maximum absolute atomic E-state index is 13.2. The number of hydrogen-bond acceptors (Lipinski definition) is 5. The standard InChI is InChI=1S/C22H21F3N4O2.ClH/c23-22(24,25)21-28-27-19(31-21)16-8-6-15(7-9-16)14-29(18-4-2-1-3-5-18)20(30)17-10-12-26-13-11-17;/h1-9,17,26H,10-14H2;1H. The second kappa shape index (κ2) is 10.1. The van der Waals surface area contributed by atoms with E-state index in [4.69, 9.17) is 4.42 Å². The average Bonchev–Trinajstić information content (AvgIpc) is 3.30. The Kier molecular flexibility index (Phi) is 7.52. The van der Waals surface area contributed by atoms with E-state index in [0.717, 1.165) is 37.2 Å². The molecule has 1 aromatic heterocycles. The zero-order valence-electron chi connectivity index (χ0n) is 17.0. The van der Waals surface area contributed by atoms with E-state index in [1.54, 1.807) is 29.2 Å². The highest BCUT2D eigenvalue weighted by Crippen LogP contribution is 2.30. The number of carbonyl (C=O) groups excluding carboxylic acids is 1. The van der Waals surface area contributed by atoms with Gasteiger partial charge in [0.15, 0.2) is 0 Å². The molecular weight excluding hydrogens is 445 g/mol. The van der Waals surface area contributed by atoms with Crippen molar-refractivity contribution in [3.8, 4) is 11.5 Å². The molecule has 4 rings (SSSR count). The number of carbonyl (C=O) groups is 1. The van der Waals surface area contributed by atoms with E-state index in [1.807, 2.05) is 30.3 Å². The summed E-state index contributed by atoms with van der Waals surface area (Å²) in [5, 5.41) is 9.79. The summed E-state index contributed by atoms with van der Waals surface area (Å²) in [7, 11) is 0. The maximum Gasteiger partial charge on any atom is 0.470 e. The normalized spacial score (nSPS) is 14.6. The predicted molar refractivity (Wildman–Crippen MR) is 115 cm³/mol. The fourth-order valence-corrected chi connectivity index (χ4v) is 3.58. The first-order chi connectivity index (χ1) is 14.9. The molecule has 1 aliphatic heterocycles. The molecule has 1 aliphatic rings. The van der Waals surface area contributed by atoms with Crippen molar-refractivity contribution in [1.82, 2.24) is 15.5 Å². The number of para-hydroxylation sites is 1. The summed E-state index contributed by atoms with van der Waals surface area (Å²) in [6, 6.07) is 16.2. The maximum atomic E-state index is 13.2. The van der Waals surface area contributed by atoms with Crippen LogP contribution in [-0.2, 0) is 17.5 Å². The Morgan fingerprint density at radius 2 is 1.69 bits per heavy atom. The lowest BCUT2D eigenvalue weighted by Gasteiger charge is -2.30. The summed E-state index contributed by atoms with van der Waals surface area (Å²) in [4.78, 5) is 15.0. The van der Waals surface area contributed by atoms with Crippen LogP contribution in [0.4, 0.5) is 18.9 Å². The summed E-state index contributed by atoms with van der Waals surface area (Å²) in [6.07, 6.45) is -3.10. The lowest BCUT2D eigenvalue weighted by molar-refractivity contribution is -0.156. The van der Waals surface area contributed by atoms with Crippen molar-refractivity contribution in [1.29, 1.82) is 0 Å². The van der Waals surface area contributed by atoms with Gasteiger partial charge in [-0.25, -0.2) is 0 Å². The Hall–Kier alpha value is -2.91. The molecule has 0 spiro atoms. The van der Waals surface area contributed by atoms with E-state index < -0.39 is 12.1 Å². The number of alkyl halides is 3. The quantitative estimate of drug-likeness (QED) is 0.589. The summed E-state index contributed by atoms with van der Waals surface area (Å²) >= 11 is 0. The van der Waals surface area contributed by atoms with Crippen molar-refractivity contribution < 1.29 is 22.4 Å². The first-order valence-electron chi connectivity index (χ1n) is 9.99. The Balaban J connectivity index is 0.00000289. The van der Waals surface area contributed by atoms with Gasteiger partial charge in [-0.2, -0.15) is 13.2 Å². The summed E-state index contributed by atoms with van der Waals surface area (Å²) < 4.78 is 42.8. The molecule has 170 valence electrons. The second-order valence-corrected chi connectivity index (χ2v) is 7.39. The van der Waals surface area contributed by atoms with Crippen LogP contribution in [0.5, 0.6) is 0 Å². The largest absolute Gasteiger partial charge is 0.470 e. The summed E-state index contributed by atoms with van der Waals surface area (Å²) in [5.74, 6) is -1.55. The molecule has 0 bridgehead atoms. The third-order valence-electron chi connectivity index (χ3n) is 5.23. The lowest BCUT2D eigenvalue weighted by Crippen LogP contribution is -2.40. The van der Waals surface area contributed by atoms with E-state index in [-0.39, 0.29) is 30.1 Å². The molecule has 0 radical (unpaired) electrons. The molecule has 2 aromatic carbocycles. The van der Waals surface area contributed by atoms with E-state index in [9.17, 15) is 18.0 Å². The average molecular weight is 467 g/mol. The summed E-state index contributed by atoms with van der Waals surface area (Å²) in [6.45, 7) is 1.99. The van der Waals surface area contributed by atoms with Crippen LogP contribution in [0.15, 0.2) is 59.0 Å². The van der Waals surface area contributed by atoms with Crippen molar-refractivity contribution >= 4 is 24.0 Å². The number of nitrogens with one attached hydrogen (secondary N) is 1. The highest BCUT2D eigenvalue weighted by molar-refractivity contribution is 5.95. The second-order valence-electron chi connectivity index (χ2n) is 7.39. The van der Waals surface area contributed by atoms with Gasteiger partial charge >= 0.3 is 12.1 Å². The zero-order valence-corrected chi connectivity index (χ0v) is 17.8. The molecule has 0 saturated carbocycles. The van der Waals surface area contributed by atoms with Gasteiger partial charge in [-0.1, -0.05) is 30.3 Å². The van der Waals surface area contributed by atoms with Crippen LogP contribution < -0.4 is 10.2 Å². The molecule has 1 fully saturated rings. The molecule has 0 atom stereocenters. The SMILES string of the molecule is Cl.O=C(C1CCNCC1)N(Cc1ccc(-c2nnc(C(F)(F)F)o2)cc1)c1ccccc1. The number of rotatable bonds is 5. The Morgan fingerprint density at radius 1 is 1.03 bits per heavy atom. The number of benzene rings is 2. The van der Waals surface area contributed by atoms with Crippen LogP contribution in [-0.4, -0.2) is 29.2 Å². The van der Waals surface area contributed by atoms with E-state index >= 15 is 0 Å². The minimum Gasteiger partial charge on any atom is -0.413 e. The highest BCUT2D eigenvalue weighted by atomic mass is 35.5. The van der Waals surface area contributed by atoms with Crippen LogP contribution in [0, 0.1) is 5.92 Å². The van der Waals surface area contributed by atoms with Crippen molar-refractivity contribution in [3.63, 3.8) is 0 Å². The Bertz CT molecular complexity index is 1020. The summed E-state index contributed by atoms with van der Waals surface area (Å²) in [5.41, 5.74) is 2.02. The van der Waals surface area contributed by atoms with Crippen LogP contribution in [0.25, 0.3) is 11.5 Å². The van der Waals surface area contributed by atoms with Crippen molar-refractivity contribution in [2.75, 3.05) is 18.0 Å². The number of anilines is 1. The van der Waals surface area contributed by atoms with Gasteiger partial charge in [0.1, 0.15) is 0 Å². The predicted octanol–water partition coefficient (Wildman–Crippen LogP) is 4.71. The van der Waals surface area contributed by atoms with Crippen LogP contribution in [0.1, 0.15) is 24.3 Å². The minimum absolute atomic E-state index is 0. The van der Waals surface area contributed by atoms with Gasteiger partial charge in [-0.3, -0.25) is 4.79 Å².